The van der Waals surface area contributed by atoms with Crippen molar-refractivity contribution in [1.29, 1.82) is 0 Å². The lowest BCUT2D eigenvalue weighted by atomic mass is 9.92. The highest BCUT2D eigenvalue weighted by Crippen LogP contribution is 2.31. The van der Waals surface area contributed by atoms with E-state index in [9.17, 15) is 23.2 Å². The van der Waals surface area contributed by atoms with Gasteiger partial charge in [0, 0.05) is 13.1 Å². The number of alkyl halides is 2. The van der Waals surface area contributed by atoms with E-state index >= 15 is 0 Å². The summed E-state index contributed by atoms with van der Waals surface area (Å²) in [5.41, 5.74) is -0.969. The number of hydrogen-bond acceptors (Lipinski definition) is 4. The topological polar surface area (TPSA) is 79.0 Å². The van der Waals surface area contributed by atoms with Crippen molar-refractivity contribution in [3.63, 3.8) is 0 Å². The predicted molar refractivity (Wildman–Crippen MR) is 100 cm³/mol. The molecule has 0 spiro atoms. The molecule has 1 aliphatic carbocycles. The third-order valence-electron chi connectivity index (χ3n) is 5.25. The molecule has 3 rings (SSSR count). The summed E-state index contributed by atoms with van der Waals surface area (Å²) in [4.78, 5) is 40.7. The smallest absolute Gasteiger partial charge is 0.387 e. The van der Waals surface area contributed by atoms with Crippen LogP contribution in [0, 0.1) is 5.92 Å². The van der Waals surface area contributed by atoms with Gasteiger partial charge < -0.3 is 15.0 Å². The Bertz CT molecular complexity index is 782. The molecule has 2 aliphatic rings. The first kappa shape index (κ1) is 21.0. The number of benzene rings is 1. The number of carbonyl (C=O) groups excluding carboxylic acids is 3. The SMILES string of the molecule is CCCN(CC1CC1)C(=O)CN1C(=O)N[C@](C)(c2ccc(OC(F)F)cc2)C1=O. The van der Waals surface area contributed by atoms with Gasteiger partial charge in [0.25, 0.3) is 5.91 Å². The first-order valence-electron chi connectivity index (χ1n) is 9.71. The van der Waals surface area contributed by atoms with Crippen LogP contribution in [-0.4, -0.2) is 53.9 Å². The molecule has 1 aliphatic heterocycles. The highest BCUT2D eigenvalue weighted by atomic mass is 19.3. The zero-order valence-corrected chi connectivity index (χ0v) is 16.5. The van der Waals surface area contributed by atoms with E-state index in [1.54, 1.807) is 4.90 Å². The number of carbonyl (C=O) groups is 3. The maximum Gasteiger partial charge on any atom is 0.387 e. The van der Waals surface area contributed by atoms with Crippen molar-refractivity contribution in [3.8, 4) is 5.75 Å². The molecule has 1 aromatic carbocycles. The quantitative estimate of drug-likeness (QED) is 0.636. The lowest BCUT2D eigenvalue weighted by molar-refractivity contribution is -0.139. The first-order chi connectivity index (χ1) is 13.7. The zero-order chi connectivity index (χ0) is 21.2. The molecule has 0 aromatic heterocycles. The van der Waals surface area contributed by atoms with Gasteiger partial charge in [-0.05, 0) is 49.8 Å². The molecule has 0 radical (unpaired) electrons. The highest BCUT2D eigenvalue weighted by molar-refractivity contribution is 6.09. The minimum Gasteiger partial charge on any atom is -0.435 e. The number of urea groups is 1. The molecule has 1 aromatic rings. The van der Waals surface area contributed by atoms with Crippen LogP contribution in [0.5, 0.6) is 5.75 Å². The van der Waals surface area contributed by atoms with E-state index in [2.05, 4.69) is 10.1 Å². The van der Waals surface area contributed by atoms with Crippen LogP contribution in [0.15, 0.2) is 24.3 Å². The Morgan fingerprint density at radius 2 is 1.97 bits per heavy atom. The van der Waals surface area contributed by atoms with Crippen LogP contribution in [0.25, 0.3) is 0 Å². The molecule has 1 saturated carbocycles. The van der Waals surface area contributed by atoms with Crippen LogP contribution < -0.4 is 10.1 Å². The molecule has 0 unspecified atom stereocenters. The average Bonchev–Trinajstić information content (AvgIpc) is 3.45. The largest absolute Gasteiger partial charge is 0.435 e. The van der Waals surface area contributed by atoms with Gasteiger partial charge in [0.15, 0.2) is 0 Å². The zero-order valence-electron chi connectivity index (χ0n) is 16.5. The fourth-order valence-electron chi connectivity index (χ4n) is 3.44. The number of rotatable bonds is 9. The normalized spacial score (nSPS) is 21.5. The summed E-state index contributed by atoms with van der Waals surface area (Å²) >= 11 is 0. The highest BCUT2D eigenvalue weighted by Gasteiger charge is 2.49. The van der Waals surface area contributed by atoms with Crippen LogP contribution >= 0.6 is 0 Å². The van der Waals surface area contributed by atoms with E-state index in [1.165, 1.54) is 31.2 Å². The number of nitrogens with one attached hydrogen (secondary N) is 1. The van der Waals surface area contributed by atoms with E-state index in [-0.39, 0.29) is 18.2 Å². The van der Waals surface area contributed by atoms with E-state index in [1.807, 2.05) is 6.92 Å². The summed E-state index contributed by atoms with van der Waals surface area (Å²) in [5.74, 6) is -0.354. The summed E-state index contributed by atoms with van der Waals surface area (Å²) in [7, 11) is 0. The van der Waals surface area contributed by atoms with Crippen molar-refractivity contribution in [2.45, 2.75) is 45.3 Å². The fraction of sp³-hybridized carbons (Fsp3) is 0.550. The number of imide groups is 1. The van der Waals surface area contributed by atoms with Gasteiger partial charge >= 0.3 is 12.6 Å². The molecule has 7 nitrogen and oxygen atoms in total. The molecule has 1 atom stereocenters. The van der Waals surface area contributed by atoms with Crippen molar-refractivity contribution in [2.24, 2.45) is 5.92 Å². The molecule has 0 bridgehead atoms. The van der Waals surface area contributed by atoms with Gasteiger partial charge in [-0.25, -0.2) is 4.79 Å². The Kier molecular flexibility index (Phi) is 6.04. The molecule has 158 valence electrons. The summed E-state index contributed by atoms with van der Waals surface area (Å²) in [6.07, 6.45) is 2.99. The number of halogens is 2. The monoisotopic (exact) mass is 409 g/mol. The second kappa shape index (κ2) is 8.34. The van der Waals surface area contributed by atoms with Crippen LogP contribution in [0.3, 0.4) is 0 Å². The molecular formula is C20H25F2N3O4. The molecule has 4 amide bonds. The molecule has 2 fully saturated rings. The van der Waals surface area contributed by atoms with E-state index in [0.29, 0.717) is 24.6 Å². The summed E-state index contributed by atoms with van der Waals surface area (Å²) in [6.45, 7) is 1.46. The van der Waals surface area contributed by atoms with Crippen molar-refractivity contribution < 1.29 is 27.9 Å². The number of nitrogens with zero attached hydrogens (tertiary/aromatic N) is 2. The summed E-state index contributed by atoms with van der Waals surface area (Å²) in [5, 5.41) is 2.61. The van der Waals surface area contributed by atoms with Crippen molar-refractivity contribution in [2.75, 3.05) is 19.6 Å². The van der Waals surface area contributed by atoms with Crippen molar-refractivity contribution in [1.82, 2.24) is 15.1 Å². The molecule has 1 heterocycles. The van der Waals surface area contributed by atoms with E-state index in [0.717, 1.165) is 24.2 Å². The van der Waals surface area contributed by atoms with E-state index < -0.39 is 24.1 Å². The average molecular weight is 409 g/mol. The Labute approximate surface area is 168 Å². The fourth-order valence-corrected chi connectivity index (χ4v) is 3.44. The van der Waals surface area contributed by atoms with Gasteiger partial charge in [-0.2, -0.15) is 8.78 Å². The molecule has 1 N–H and O–H groups in total. The van der Waals surface area contributed by atoms with Gasteiger partial charge in [0.05, 0.1) is 0 Å². The molecular weight excluding hydrogens is 384 g/mol. The van der Waals surface area contributed by atoms with E-state index in [4.69, 9.17) is 0 Å². The van der Waals surface area contributed by atoms with Crippen LogP contribution in [0.1, 0.15) is 38.7 Å². The second-order valence-corrected chi connectivity index (χ2v) is 7.63. The predicted octanol–water partition coefficient (Wildman–Crippen LogP) is 2.70. The number of amides is 4. The second-order valence-electron chi connectivity index (χ2n) is 7.63. The number of ether oxygens (including phenoxy) is 1. The lowest BCUT2D eigenvalue weighted by Gasteiger charge is -2.25. The van der Waals surface area contributed by atoms with Crippen molar-refractivity contribution >= 4 is 17.8 Å². The maximum absolute atomic E-state index is 13.0. The van der Waals surface area contributed by atoms with Gasteiger partial charge in [0.1, 0.15) is 17.8 Å². The minimum atomic E-state index is -2.95. The lowest BCUT2D eigenvalue weighted by Crippen LogP contribution is -2.45. The van der Waals surface area contributed by atoms with Crippen molar-refractivity contribution in [3.05, 3.63) is 29.8 Å². The summed E-state index contributed by atoms with van der Waals surface area (Å²) < 4.78 is 28.9. The Morgan fingerprint density at radius 1 is 1.31 bits per heavy atom. The van der Waals surface area contributed by atoms with Crippen LogP contribution in [-0.2, 0) is 15.1 Å². The van der Waals surface area contributed by atoms with Gasteiger partial charge in [-0.15, -0.1) is 0 Å². The minimum absolute atomic E-state index is 0.0496. The Morgan fingerprint density at radius 3 is 2.52 bits per heavy atom. The Balaban J connectivity index is 1.71. The third kappa shape index (κ3) is 4.65. The Hall–Kier alpha value is -2.71. The maximum atomic E-state index is 13.0. The van der Waals surface area contributed by atoms with Gasteiger partial charge in [0.2, 0.25) is 5.91 Å². The standard InChI is InChI=1S/C20H25F2N3O4/c1-3-10-24(11-13-4-5-13)16(26)12-25-17(27)20(2,23-19(25)28)14-6-8-15(9-7-14)29-18(21)22/h6-9,13,18H,3-5,10-12H2,1-2H3,(H,23,28)/t20-/m1/s1. The first-order valence-corrected chi connectivity index (χ1v) is 9.71. The van der Waals surface area contributed by atoms with Crippen LogP contribution in [0.4, 0.5) is 13.6 Å². The molecule has 9 heteroatoms. The number of hydrogen-bond donors (Lipinski definition) is 1. The van der Waals surface area contributed by atoms with Crippen LogP contribution in [0.2, 0.25) is 0 Å². The molecule has 1 saturated heterocycles. The summed E-state index contributed by atoms with van der Waals surface area (Å²) in [6, 6.07) is 4.84. The van der Waals surface area contributed by atoms with Gasteiger partial charge in [-0.3, -0.25) is 14.5 Å². The van der Waals surface area contributed by atoms with Gasteiger partial charge in [-0.1, -0.05) is 19.1 Å². The third-order valence-corrected chi connectivity index (χ3v) is 5.25. The molecule has 29 heavy (non-hydrogen) atoms.